The molecular formula is C14H24N2O2S2. The molecule has 1 fully saturated rings. The lowest BCUT2D eigenvalue weighted by molar-refractivity contribution is 0.402. The number of thiophene rings is 1. The molecular weight excluding hydrogens is 292 g/mol. The van der Waals surface area contributed by atoms with Crippen LogP contribution >= 0.6 is 11.3 Å². The molecule has 0 saturated heterocycles. The number of nitrogens with one attached hydrogen (secondary N) is 2. The van der Waals surface area contributed by atoms with Crippen molar-refractivity contribution in [1.82, 2.24) is 10.0 Å². The molecule has 3 unspecified atom stereocenters. The fourth-order valence-electron chi connectivity index (χ4n) is 2.67. The summed E-state index contributed by atoms with van der Waals surface area (Å²) in [5.41, 5.74) is 0. The van der Waals surface area contributed by atoms with E-state index in [-0.39, 0.29) is 6.04 Å². The average molecular weight is 316 g/mol. The van der Waals surface area contributed by atoms with Gasteiger partial charge in [0.15, 0.2) is 0 Å². The van der Waals surface area contributed by atoms with Crippen LogP contribution in [0.25, 0.3) is 0 Å². The lowest BCUT2D eigenvalue weighted by Crippen LogP contribution is -2.36. The third-order valence-corrected chi connectivity index (χ3v) is 7.42. The maximum atomic E-state index is 12.4. The molecule has 1 aliphatic rings. The lowest BCUT2D eigenvalue weighted by Gasteiger charge is -2.19. The van der Waals surface area contributed by atoms with Crippen molar-refractivity contribution in [2.45, 2.75) is 43.4 Å². The zero-order valence-corrected chi connectivity index (χ0v) is 14.0. The fraction of sp³-hybridized carbons (Fsp3) is 0.714. The summed E-state index contributed by atoms with van der Waals surface area (Å²) in [7, 11) is -1.46. The third kappa shape index (κ3) is 3.61. The topological polar surface area (TPSA) is 58.2 Å². The van der Waals surface area contributed by atoms with Crippen molar-refractivity contribution < 1.29 is 8.42 Å². The molecule has 6 heteroatoms. The van der Waals surface area contributed by atoms with Crippen molar-refractivity contribution in [3.63, 3.8) is 0 Å². The molecule has 1 aromatic heterocycles. The van der Waals surface area contributed by atoms with Crippen LogP contribution < -0.4 is 10.0 Å². The van der Waals surface area contributed by atoms with Crippen molar-refractivity contribution in [1.29, 1.82) is 0 Å². The first-order valence-electron chi connectivity index (χ1n) is 7.19. The molecule has 114 valence electrons. The summed E-state index contributed by atoms with van der Waals surface area (Å²) in [4.78, 5) is 1.10. The molecule has 1 heterocycles. The van der Waals surface area contributed by atoms with Crippen LogP contribution in [0.1, 0.15) is 31.6 Å². The van der Waals surface area contributed by atoms with Crippen molar-refractivity contribution in [3.8, 4) is 0 Å². The van der Waals surface area contributed by atoms with Crippen LogP contribution in [-0.4, -0.2) is 28.1 Å². The Labute approximate surface area is 126 Å². The molecule has 4 nitrogen and oxygen atoms in total. The number of hydrogen-bond acceptors (Lipinski definition) is 4. The number of sulfonamides is 1. The zero-order chi connectivity index (χ0) is 14.8. The fourth-order valence-corrected chi connectivity index (χ4v) is 5.41. The van der Waals surface area contributed by atoms with Crippen LogP contribution in [0.4, 0.5) is 0 Å². The zero-order valence-electron chi connectivity index (χ0n) is 12.3. The van der Waals surface area contributed by atoms with E-state index < -0.39 is 10.0 Å². The first-order chi connectivity index (χ1) is 9.44. The molecule has 1 aliphatic carbocycles. The van der Waals surface area contributed by atoms with E-state index >= 15 is 0 Å². The molecule has 0 radical (unpaired) electrons. The normalized spacial score (nSPS) is 27.1. The predicted molar refractivity (Wildman–Crippen MR) is 83.6 cm³/mol. The monoisotopic (exact) mass is 316 g/mol. The summed E-state index contributed by atoms with van der Waals surface area (Å²) in [6.45, 7) is 5.20. The highest BCUT2D eigenvalue weighted by Crippen LogP contribution is 2.32. The lowest BCUT2D eigenvalue weighted by atomic mass is 9.98. The quantitative estimate of drug-likeness (QED) is 0.846. The molecule has 20 heavy (non-hydrogen) atoms. The van der Waals surface area contributed by atoms with Crippen molar-refractivity contribution in [3.05, 3.63) is 17.0 Å². The molecule has 3 atom stereocenters. The highest BCUT2D eigenvalue weighted by molar-refractivity contribution is 7.91. The van der Waals surface area contributed by atoms with Crippen molar-refractivity contribution in [2.75, 3.05) is 13.6 Å². The van der Waals surface area contributed by atoms with Gasteiger partial charge in [-0.05, 0) is 56.8 Å². The van der Waals surface area contributed by atoms with Crippen LogP contribution in [0.2, 0.25) is 0 Å². The van der Waals surface area contributed by atoms with Crippen molar-refractivity contribution >= 4 is 21.4 Å². The van der Waals surface area contributed by atoms with Gasteiger partial charge in [0.2, 0.25) is 10.0 Å². The third-order valence-electron chi connectivity index (χ3n) is 4.30. The Bertz CT molecular complexity index is 539. The summed E-state index contributed by atoms with van der Waals surface area (Å²) in [6, 6.07) is 3.72. The smallest absolute Gasteiger partial charge is 0.250 e. The molecule has 1 aromatic rings. The second-order valence-corrected chi connectivity index (χ2v) is 8.82. The van der Waals surface area contributed by atoms with Gasteiger partial charge in [-0.15, -0.1) is 11.3 Å². The second kappa shape index (κ2) is 6.56. The van der Waals surface area contributed by atoms with E-state index in [1.165, 1.54) is 11.3 Å². The predicted octanol–water partition coefficient (Wildman–Crippen LogP) is 2.22. The molecule has 0 aliphatic heterocycles. The Morgan fingerprint density at radius 3 is 2.65 bits per heavy atom. The van der Waals surface area contributed by atoms with Gasteiger partial charge in [-0.1, -0.05) is 13.8 Å². The van der Waals surface area contributed by atoms with Gasteiger partial charge >= 0.3 is 0 Å². The van der Waals surface area contributed by atoms with Gasteiger partial charge < -0.3 is 5.32 Å². The van der Waals surface area contributed by atoms with E-state index in [1.807, 2.05) is 13.1 Å². The van der Waals surface area contributed by atoms with E-state index in [1.54, 1.807) is 6.07 Å². The van der Waals surface area contributed by atoms with Crippen LogP contribution in [0.3, 0.4) is 0 Å². The largest absolute Gasteiger partial charge is 0.319 e. The van der Waals surface area contributed by atoms with Crippen LogP contribution in [0.15, 0.2) is 16.3 Å². The molecule has 0 spiro atoms. The van der Waals surface area contributed by atoms with Gasteiger partial charge in [-0.25, -0.2) is 13.1 Å². The van der Waals surface area contributed by atoms with Gasteiger partial charge in [0.05, 0.1) is 0 Å². The second-order valence-electron chi connectivity index (χ2n) is 5.72. The first kappa shape index (κ1) is 15.9. The summed E-state index contributed by atoms with van der Waals surface area (Å²) < 4.78 is 28.2. The Kier molecular flexibility index (Phi) is 5.23. The highest BCUT2D eigenvalue weighted by atomic mass is 32.2. The van der Waals surface area contributed by atoms with Crippen LogP contribution in [0.5, 0.6) is 0 Å². The van der Waals surface area contributed by atoms with Gasteiger partial charge in [-0.2, -0.15) is 0 Å². The summed E-state index contributed by atoms with van der Waals surface area (Å²) in [6.07, 6.45) is 2.92. The minimum Gasteiger partial charge on any atom is -0.319 e. The number of likely N-dealkylation sites (N-methyl/N-ethyl adjacent to an activating group) is 1. The minimum absolute atomic E-state index is 0.0814. The minimum atomic E-state index is -3.36. The summed E-state index contributed by atoms with van der Waals surface area (Å²) >= 11 is 1.37. The van der Waals surface area contributed by atoms with Crippen molar-refractivity contribution in [2.24, 2.45) is 11.8 Å². The van der Waals surface area contributed by atoms with E-state index in [4.69, 9.17) is 0 Å². The SMILES string of the molecule is CNCCc1ccc(S(=O)(=O)NC2CCC(C)C2C)s1. The Hall–Kier alpha value is -0.430. The number of rotatable bonds is 6. The molecule has 2 rings (SSSR count). The summed E-state index contributed by atoms with van der Waals surface area (Å²) in [5.74, 6) is 1.01. The first-order valence-corrected chi connectivity index (χ1v) is 9.49. The maximum Gasteiger partial charge on any atom is 0.250 e. The Balaban J connectivity index is 2.05. The standard InChI is InChI=1S/C14H24N2O2S2/c1-10-4-6-13(11(10)2)16-20(17,18)14-7-5-12(19-14)8-9-15-3/h5,7,10-11,13,15-16H,4,6,8-9H2,1-3H3. The van der Waals surface area contributed by atoms with Gasteiger partial charge in [-0.3, -0.25) is 0 Å². The Morgan fingerprint density at radius 2 is 2.05 bits per heavy atom. The average Bonchev–Trinajstić information content (AvgIpc) is 2.99. The molecule has 1 saturated carbocycles. The van der Waals surface area contributed by atoms with Gasteiger partial charge in [0.1, 0.15) is 4.21 Å². The molecule has 0 bridgehead atoms. The van der Waals surface area contributed by atoms with E-state index in [2.05, 4.69) is 23.9 Å². The van der Waals surface area contributed by atoms with Crippen LogP contribution in [0, 0.1) is 11.8 Å². The maximum absolute atomic E-state index is 12.4. The van der Waals surface area contributed by atoms with Crippen LogP contribution in [-0.2, 0) is 16.4 Å². The summed E-state index contributed by atoms with van der Waals surface area (Å²) in [5, 5.41) is 3.08. The van der Waals surface area contributed by atoms with Gasteiger partial charge in [0, 0.05) is 10.9 Å². The Morgan fingerprint density at radius 1 is 1.30 bits per heavy atom. The number of hydrogen-bond donors (Lipinski definition) is 2. The molecule has 0 aromatic carbocycles. The van der Waals surface area contributed by atoms with E-state index in [0.29, 0.717) is 16.0 Å². The van der Waals surface area contributed by atoms with E-state index in [9.17, 15) is 8.42 Å². The molecule has 0 amide bonds. The van der Waals surface area contributed by atoms with E-state index in [0.717, 1.165) is 30.7 Å². The highest BCUT2D eigenvalue weighted by Gasteiger charge is 2.33. The molecule has 2 N–H and O–H groups in total. The van der Waals surface area contributed by atoms with Gasteiger partial charge in [0.25, 0.3) is 0 Å².